The highest BCUT2D eigenvalue weighted by molar-refractivity contribution is 7.13. The maximum Gasteiger partial charge on any atom is 0.191 e. The topological polar surface area (TPSA) is 63.7 Å². The van der Waals surface area contributed by atoms with Crippen LogP contribution in [-0.2, 0) is 6.54 Å². The molecule has 2 heterocycles. The van der Waals surface area contributed by atoms with Gasteiger partial charge in [0.25, 0.3) is 0 Å². The maximum atomic E-state index is 6.08. The zero-order valence-corrected chi connectivity index (χ0v) is 14.2. The standard InChI is InChI=1S/C17H22N4OS/c1-22-15-7-5-13(6-8-15)16-20-14(12-23-16)11-19-17(18)21-9-3-2-4-10-21/h5-8,12H,2-4,9-11H2,1H3,(H2,18,19). The molecule has 1 fully saturated rings. The van der Waals surface area contributed by atoms with E-state index in [9.17, 15) is 0 Å². The lowest BCUT2D eigenvalue weighted by molar-refractivity contribution is 0.338. The van der Waals surface area contributed by atoms with E-state index >= 15 is 0 Å². The van der Waals surface area contributed by atoms with Crippen LogP contribution >= 0.6 is 11.3 Å². The molecule has 0 saturated carbocycles. The summed E-state index contributed by atoms with van der Waals surface area (Å²) >= 11 is 1.63. The summed E-state index contributed by atoms with van der Waals surface area (Å²) in [6, 6.07) is 7.94. The molecule has 2 N–H and O–H groups in total. The molecule has 122 valence electrons. The summed E-state index contributed by atoms with van der Waals surface area (Å²) < 4.78 is 5.18. The lowest BCUT2D eigenvalue weighted by Crippen LogP contribution is -2.40. The average Bonchev–Trinajstić information content (AvgIpc) is 3.09. The van der Waals surface area contributed by atoms with Crippen molar-refractivity contribution < 1.29 is 4.74 Å². The Kier molecular flexibility index (Phi) is 5.12. The lowest BCUT2D eigenvalue weighted by Gasteiger charge is -2.27. The van der Waals surface area contributed by atoms with E-state index in [0.717, 1.165) is 35.1 Å². The van der Waals surface area contributed by atoms with Crippen LogP contribution in [0.15, 0.2) is 34.6 Å². The molecular formula is C17H22N4OS. The van der Waals surface area contributed by atoms with Crippen LogP contribution in [0, 0.1) is 0 Å². The van der Waals surface area contributed by atoms with Crippen LogP contribution in [0.2, 0.25) is 0 Å². The largest absolute Gasteiger partial charge is 0.497 e. The molecule has 3 rings (SSSR count). The molecule has 0 spiro atoms. The van der Waals surface area contributed by atoms with Crippen molar-refractivity contribution in [1.29, 1.82) is 0 Å². The zero-order valence-electron chi connectivity index (χ0n) is 13.4. The molecule has 23 heavy (non-hydrogen) atoms. The molecule has 0 bridgehead atoms. The Labute approximate surface area is 140 Å². The van der Waals surface area contributed by atoms with Gasteiger partial charge in [0.15, 0.2) is 5.96 Å². The Morgan fingerprint density at radius 2 is 2.00 bits per heavy atom. The number of methoxy groups -OCH3 is 1. The number of hydrogen-bond acceptors (Lipinski definition) is 4. The quantitative estimate of drug-likeness (QED) is 0.691. The van der Waals surface area contributed by atoms with Gasteiger partial charge in [-0.2, -0.15) is 0 Å². The summed E-state index contributed by atoms with van der Waals surface area (Å²) in [5, 5.41) is 3.04. The zero-order chi connectivity index (χ0) is 16.1. The van der Waals surface area contributed by atoms with Gasteiger partial charge in [-0.1, -0.05) is 0 Å². The van der Waals surface area contributed by atoms with Crippen LogP contribution < -0.4 is 10.5 Å². The number of benzene rings is 1. The van der Waals surface area contributed by atoms with Gasteiger partial charge in [0.05, 0.1) is 19.3 Å². The summed E-state index contributed by atoms with van der Waals surface area (Å²) in [6.45, 7) is 2.57. The highest BCUT2D eigenvalue weighted by Crippen LogP contribution is 2.25. The first-order valence-electron chi connectivity index (χ1n) is 7.90. The molecular weight excluding hydrogens is 308 g/mol. The number of nitrogens with two attached hydrogens (primary N) is 1. The fourth-order valence-electron chi connectivity index (χ4n) is 2.63. The van der Waals surface area contributed by atoms with Crippen LogP contribution in [0.1, 0.15) is 25.0 Å². The van der Waals surface area contributed by atoms with E-state index in [2.05, 4.69) is 14.9 Å². The summed E-state index contributed by atoms with van der Waals surface area (Å²) in [4.78, 5) is 11.3. The number of thiazole rings is 1. The number of ether oxygens (including phenoxy) is 1. The first kappa shape index (κ1) is 15.8. The van der Waals surface area contributed by atoms with Crippen molar-refractivity contribution in [3.63, 3.8) is 0 Å². The van der Waals surface area contributed by atoms with Gasteiger partial charge < -0.3 is 15.4 Å². The molecule has 0 aliphatic carbocycles. The molecule has 0 atom stereocenters. The molecule has 5 nitrogen and oxygen atoms in total. The third-order valence-corrected chi connectivity index (χ3v) is 4.91. The molecule has 0 radical (unpaired) electrons. The van der Waals surface area contributed by atoms with E-state index in [-0.39, 0.29) is 0 Å². The van der Waals surface area contributed by atoms with Crippen molar-refractivity contribution in [1.82, 2.24) is 9.88 Å². The third-order valence-electron chi connectivity index (χ3n) is 3.97. The Morgan fingerprint density at radius 1 is 1.26 bits per heavy atom. The van der Waals surface area contributed by atoms with E-state index in [1.807, 2.05) is 29.6 Å². The molecule has 2 aromatic rings. The van der Waals surface area contributed by atoms with Gasteiger partial charge in [0.1, 0.15) is 10.8 Å². The van der Waals surface area contributed by atoms with Gasteiger partial charge in [-0.25, -0.2) is 9.98 Å². The van der Waals surface area contributed by atoms with E-state index in [4.69, 9.17) is 10.5 Å². The van der Waals surface area contributed by atoms with E-state index in [1.54, 1.807) is 18.4 Å². The number of nitrogens with zero attached hydrogens (tertiary/aromatic N) is 3. The number of rotatable bonds is 4. The first-order valence-corrected chi connectivity index (χ1v) is 8.78. The monoisotopic (exact) mass is 330 g/mol. The predicted octanol–water partition coefficient (Wildman–Crippen LogP) is 3.12. The van der Waals surface area contributed by atoms with E-state index in [1.165, 1.54) is 19.3 Å². The van der Waals surface area contributed by atoms with Crippen molar-refractivity contribution >= 4 is 17.3 Å². The van der Waals surface area contributed by atoms with Crippen molar-refractivity contribution in [3.8, 4) is 16.3 Å². The van der Waals surface area contributed by atoms with Gasteiger partial charge >= 0.3 is 0 Å². The van der Waals surface area contributed by atoms with Crippen molar-refractivity contribution in [2.75, 3.05) is 20.2 Å². The Morgan fingerprint density at radius 3 is 2.70 bits per heavy atom. The summed E-state index contributed by atoms with van der Waals surface area (Å²) in [5.41, 5.74) is 8.14. The van der Waals surface area contributed by atoms with Crippen LogP contribution in [0.4, 0.5) is 0 Å². The van der Waals surface area contributed by atoms with Crippen molar-refractivity contribution in [2.24, 2.45) is 10.7 Å². The highest BCUT2D eigenvalue weighted by atomic mass is 32.1. The second-order valence-electron chi connectivity index (χ2n) is 5.59. The number of likely N-dealkylation sites (tertiary alicyclic amines) is 1. The van der Waals surface area contributed by atoms with Gasteiger partial charge in [0.2, 0.25) is 0 Å². The van der Waals surface area contributed by atoms with Crippen LogP contribution in [0.3, 0.4) is 0 Å². The summed E-state index contributed by atoms with van der Waals surface area (Å²) in [6.07, 6.45) is 3.70. The minimum Gasteiger partial charge on any atom is -0.497 e. The summed E-state index contributed by atoms with van der Waals surface area (Å²) in [7, 11) is 1.67. The molecule has 1 aromatic carbocycles. The van der Waals surface area contributed by atoms with Crippen LogP contribution in [0.5, 0.6) is 5.75 Å². The smallest absolute Gasteiger partial charge is 0.191 e. The maximum absolute atomic E-state index is 6.08. The molecule has 1 saturated heterocycles. The average molecular weight is 330 g/mol. The van der Waals surface area contributed by atoms with Gasteiger partial charge in [-0.3, -0.25) is 0 Å². The van der Waals surface area contributed by atoms with Gasteiger partial charge in [-0.05, 0) is 43.5 Å². The molecule has 0 amide bonds. The SMILES string of the molecule is COc1ccc(-c2nc(CN=C(N)N3CCCCC3)cs2)cc1. The van der Waals surface area contributed by atoms with E-state index < -0.39 is 0 Å². The minimum absolute atomic E-state index is 0.537. The fourth-order valence-corrected chi connectivity index (χ4v) is 3.45. The molecule has 0 unspecified atom stereocenters. The minimum atomic E-state index is 0.537. The van der Waals surface area contributed by atoms with Crippen molar-refractivity contribution in [3.05, 3.63) is 35.3 Å². The molecule has 1 aromatic heterocycles. The van der Waals surface area contributed by atoms with Crippen LogP contribution in [0.25, 0.3) is 10.6 Å². The Balaban J connectivity index is 1.64. The summed E-state index contributed by atoms with van der Waals surface area (Å²) in [5.74, 6) is 1.49. The van der Waals surface area contributed by atoms with Gasteiger partial charge in [0, 0.05) is 24.0 Å². The number of guanidine groups is 1. The predicted molar refractivity (Wildman–Crippen MR) is 94.9 cm³/mol. The number of aromatic nitrogens is 1. The highest BCUT2D eigenvalue weighted by Gasteiger charge is 2.12. The fraction of sp³-hybridized carbons (Fsp3) is 0.412. The Hall–Kier alpha value is -2.08. The number of hydrogen-bond donors (Lipinski definition) is 1. The lowest BCUT2D eigenvalue weighted by atomic mass is 10.1. The Bertz CT molecular complexity index is 659. The number of aliphatic imine (C=N–C) groups is 1. The second-order valence-corrected chi connectivity index (χ2v) is 6.45. The second kappa shape index (κ2) is 7.46. The molecule has 1 aliphatic rings. The van der Waals surface area contributed by atoms with Gasteiger partial charge in [-0.15, -0.1) is 11.3 Å². The van der Waals surface area contributed by atoms with E-state index in [0.29, 0.717) is 12.5 Å². The molecule has 6 heteroatoms. The van der Waals surface area contributed by atoms with Crippen molar-refractivity contribution in [2.45, 2.75) is 25.8 Å². The first-order chi connectivity index (χ1) is 11.3. The normalized spacial score (nSPS) is 15.7. The third kappa shape index (κ3) is 4.01. The molecule has 1 aliphatic heterocycles. The van der Waals surface area contributed by atoms with Crippen LogP contribution in [-0.4, -0.2) is 36.0 Å². The number of piperidine rings is 1.